The van der Waals surface area contributed by atoms with E-state index in [2.05, 4.69) is 24.1 Å². The summed E-state index contributed by atoms with van der Waals surface area (Å²) in [6.45, 7) is 6.45. The van der Waals surface area contributed by atoms with Crippen molar-refractivity contribution in [3.8, 4) is 5.75 Å². The van der Waals surface area contributed by atoms with E-state index in [4.69, 9.17) is 9.47 Å². The Hall–Kier alpha value is -2.41. The number of carbonyl (C=O) groups excluding carboxylic acids is 2. The Morgan fingerprint density at radius 1 is 1.21 bits per heavy atom. The van der Waals surface area contributed by atoms with Crippen LogP contribution in [0.2, 0.25) is 0 Å². The average Bonchev–Trinajstić information content (AvgIpc) is 3.13. The lowest BCUT2D eigenvalue weighted by molar-refractivity contribution is -0.125. The fraction of sp³-hybridized carbons (Fsp3) is 0.500. The largest absolute Gasteiger partial charge is 0.487 e. The molecule has 7 heteroatoms. The van der Waals surface area contributed by atoms with E-state index in [1.165, 1.54) is 6.42 Å². The van der Waals surface area contributed by atoms with Gasteiger partial charge in [-0.25, -0.2) is 9.78 Å². The van der Waals surface area contributed by atoms with Crippen molar-refractivity contribution in [3.63, 3.8) is 0 Å². The van der Waals surface area contributed by atoms with Gasteiger partial charge in [0.2, 0.25) is 0 Å². The zero-order valence-corrected chi connectivity index (χ0v) is 18.0. The number of hydrogen-bond donors (Lipinski definition) is 1. The molecule has 0 unspecified atom stereocenters. The van der Waals surface area contributed by atoms with Crippen LogP contribution < -0.4 is 10.1 Å². The summed E-state index contributed by atoms with van der Waals surface area (Å²) in [6, 6.07) is 6.84. The fourth-order valence-electron chi connectivity index (χ4n) is 3.57. The number of thiazole rings is 1. The molecule has 29 heavy (non-hydrogen) atoms. The van der Waals surface area contributed by atoms with Gasteiger partial charge in [-0.3, -0.25) is 4.79 Å². The summed E-state index contributed by atoms with van der Waals surface area (Å²) in [5, 5.41) is 5.97. The van der Waals surface area contributed by atoms with Gasteiger partial charge in [0.05, 0.1) is 16.3 Å². The quantitative estimate of drug-likeness (QED) is 0.687. The summed E-state index contributed by atoms with van der Waals surface area (Å²) in [4.78, 5) is 28.7. The normalized spacial score (nSPS) is 21.4. The van der Waals surface area contributed by atoms with E-state index in [9.17, 15) is 9.59 Å². The highest BCUT2D eigenvalue weighted by molar-refractivity contribution is 7.09. The molecule has 156 valence electrons. The van der Waals surface area contributed by atoms with Crippen LogP contribution in [-0.4, -0.2) is 29.5 Å². The van der Waals surface area contributed by atoms with E-state index < -0.39 is 5.97 Å². The summed E-state index contributed by atoms with van der Waals surface area (Å²) in [5.41, 5.74) is 1.26. The van der Waals surface area contributed by atoms with Crippen molar-refractivity contribution in [2.75, 3.05) is 6.61 Å². The van der Waals surface area contributed by atoms with Crippen LogP contribution in [0.4, 0.5) is 0 Å². The van der Waals surface area contributed by atoms with Gasteiger partial charge in [-0.1, -0.05) is 26.7 Å². The van der Waals surface area contributed by atoms with E-state index in [0.29, 0.717) is 29.8 Å². The number of rotatable bonds is 7. The second-order valence-corrected chi connectivity index (χ2v) is 8.75. The first-order valence-corrected chi connectivity index (χ1v) is 10.9. The lowest BCUT2D eigenvalue weighted by Gasteiger charge is -2.34. The van der Waals surface area contributed by atoms with E-state index >= 15 is 0 Å². The number of aromatic nitrogens is 1. The number of nitrogens with zero attached hydrogens (tertiary/aromatic N) is 1. The lowest BCUT2D eigenvalue weighted by Crippen LogP contribution is -2.45. The number of benzene rings is 1. The molecule has 1 aliphatic carbocycles. The average molecular weight is 417 g/mol. The van der Waals surface area contributed by atoms with Crippen LogP contribution in [0.3, 0.4) is 0 Å². The molecular formula is C22H28N2O4S. The van der Waals surface area contributed by atoms with E-state index in [0.717, 1.165) is 23.5 Å². The Bertz CT molecular complexity index is 834. The third kappa shape index (κ3) is 6.03. The highest BCUT2D eigenvalue weighted by Crippen LogP contribution is 2.29. The lowest BCUT2D eigenvalue weighted by atomic mass is 9.78. The fourth-order valence-corrected chi connectivity index (χ4v) is 4.16. The number of carbonyl (C=O) groups is 2. The first kappa shape index (κ1) is 21.3. The molecule has 1 aromatic heterocycles. The van der Waals surface area contributed by atoms with Crippen molar-refractivity contribution in [2.45, 2.75) is 52.7 Å². The van der Waals surface area contributed by atoms with Crippen LogP contribution in [0.15, 0.2) is 29.6 Å². The minimum Gasteiger partial charge on any atom is -0.487 e. The number of aryl methyl sites for hydroxylation is 1. The molecule has 0 spiro atoms. The van der Waals surface area contributed by atoms with Crippen molar-refractivity contribution in [1.82, 2.24) is 10.3 Å². The summed E-state index contributed by atoms with van der Waals surface area (Å²) in [6.07, 6.45) is 3.30. The van der Waals surface area contributed by atoms with Gasteiger partial charge in [-0.2, -0.15) is 0 Å². The van der Waals surface area contributed by atoms with Gasteiger partial charge in [-0.15, -0.1) is 11.3 Å². The molecule has 0 saturated heterocycles. The number of ether oxygens (including phenoxy) is 2. The van der Waals surface area contributed by atoms with Crippen molar-refractivity contribution in [3.05, 3.63) is 45.9 Å². The van der Waals surface area contributed by atoms with Crippen LogP contribution in [0, 0.1) is 18.8 Å². The van der Waals surface area contributed by atoms with Crippen LogP contribution in [-0.2, 0) is 16.1 Å². The first-order chi connectivity index (χ1) is 13.9. The molecule has 1 aliphatic rings. The van der Waals surface area contributed by atoms with E-state index in [1.54, 1.807) is 35.6 Å². The number of nitrogens with one attached hydrogen (secondary N) is 1. The third-order valence-electron chi connectivity index (χ3n) is 5.53. The summed E-state index contributed by atoms with van der Waals surface area (Å²) in [7, 11) is 0. The maximum atomic E-state index is 12.2. The maximum Gasteiger partial charge on any atom is 0.338 e. The smallest absolute Gasteiger partial charge is 0.338 e. The molecular weight excluding hydrogens is 388 g/mol. The summed E-state index contributed by atoms with van der Waals surface area (Å²) < 4.78 is 10.8. The number of amides is 1. The van der Waals surface area contributed by atoms with E-state index in [-0.39, 0.29) is 18.6 Å². The van der Waals surface area contributed by atoms with Crippen LogP contribution in [0.5, 0.6) is 5.75 Å². The molecule has 6 nitrogen and oxygen atoms in total. The molecule has 1 saturated carbocycles. The molecule has 1 heterocycles. The zero-order valence-electron chi connectivity index (χ0n) is 17.1. The van der Waals surface area contributed by atoms with Gasteiger partial charge in [-0.05, 0) is 49.4 Å². The third-order valence-corrected chi connectivity index (χ3v) is 6.35. The molecule has 1 aromatic carbocycles. The summed E-state index contributed by atoms with van der Waals surface area (Å²) in [5.74, 6) is 0.904. The minimum absolute atomic E-state index is 0.155. The van der Waals surface area contributed by atoms with Crippen molar-refractivity contribution >= 4 is 23.2 Å². The van der Waals surface area contributed by atoms with Crippen LogP contribution >= 0.6 is 11.3 Å². The number of hydrogen-bond acceptors (Lipinski definition) is 6. The molecule has 3 rings (SSSR count). The molecule has 0 bridgehead atoms. The van der Waals surface area contributed by atoms with Gasteiger partial charge in [0.15, 0.2) is 6.61 Å². The monoisotopic (exact) mass is 416 g/mol. The second-order valence-electron chi connectivity index (χ2n) is 7.69. The molecule has 1 N–H and O–H groups in total. The van der Waals surface area contributed by atoms with Crippen molar-refractivity contribution in [1.29, 1.82) is 0 Å². The topological polar surface area (TPSA) is 77.5 Å². The van der Waals surface area contributed by atoms with Gasteiger partial charge in [0.25, 0.3) is 5.91 Å². The Morgan fingerprint density at radius 3 is 2.66 bits per heavy atom. The van der Waals surface area contributed by atoms with Crippen molar-refractivity contribution in [2.24, 2.45) is 11.8 Å². The standard InChI is InChI=1S/C22H28N2O4S/c1-14-5-4-6-20(15(14)2)24-21(25)12-28-22(26)17-7-9-19(10-8-17)27-11-18-13-29-16(3)23-18/h7-10,13-15,20H,4-6,11-12H2,1-3H3,(H,24,25)/t14-,15-,20+/m0/s1. The van der Waals surface area contributed by atoms with Gasteiger partial charge in [0.1, 0.15) is 12.4 Å². The molecule has 1 amide bonds. The molecule has 0 radical (unpaired) electrons. The highest BCUT2D eigenvalue weighted by Gasteiger charge is 2.28. The van der Waals surface area contributed by atoms with E-state index in [1.807, 2.05) is 12.3 Å². The Kier molecular flexibility index (Phi) is 7.25. The molecule has 0 aliphatic heterocycles. The van der Waals surface area contributed by atoms with Crippen LogP contribution in [0.25, 0.3) is 0 Å². The zero-order chi connectivity index (χ0) is 20.8. The maximum absolute atomic E-state index is 12.2. The second kappa shape index (κ2) is 9.87. The molecule has 1 fully saturated rings. The predicted octanol–water partition coefficient (Wildman–Crippen LogP) is 4.13. The minimum atomic E-state index is -0.521. The van der Waals surface area contributed by atoms with Gasteiger partial charge >= 0.3 is 5.97 Å². The number of esters is 1. The van der Waals surface area contributed by atoms with Crippen LogP contribution in [0.1, 0.15) is 54.2 Å². The molecule has 3 atom stereocenters. The van der Waals surface area contributed by atoms with Gasteiger partial charge < -0.3 is 14.8 Å². The molecule has 2 aromatic rings. The SMILES string of the molecule is Cc1nc(COc2ccc(C(=O)OCC(=O)N[C@@H]3CCC[C@H](C)[C@@H]3C)cc2)cs1. The predicted molar refractivity (Wildman–Crippen MR) is 112 cm³/mol. The Balaban J connectivity index is 1.43. The Morgan fingerprint density at radius 2 is 1.97 bits per heavy atom. The Labute approximate surface area is 175 Å². The first-order valence-electron chi connectivity index (χ1n) is 10.0. The van der Waals surface area contributed by atoms with Crippen molar-refractivity contribution < 1.29 is 19.1 Å². The van der Waals surface area contributed by atoms with Gasteiger partial charge in [0, 0.05) is 11.4 Å². The summed E-state index contributed by atoms with van der Waals surface area (Å²) >= 11 is 1.58. The highest BCUT2D eigenvalue weighted by atomic mass is 32.1.